The molecule has 0 aromatic carbocycles. The number of aryl methyl sites for hydroxylation is 1. The third-order valence-electron chi connectivity index (χ3n) is 2.72. The maximum absolute atomic E-state index is 11.0. The van der Waals surface area contributed by atoms with Crippen molar-refractivity contribution >= 4 is 38.6 Å². The summed E-state index contributed by atoms with van der Waals surface area (Å²) in [6, 6.07) is 2.08. The number of nitro groups is 1. The van der Waals surface area contributed by atoms with Crippen molar-refractivity contribution in [1.29, 1.82) is 0 Å². The standard InChI is InChI=1S/C12H12BrN3O2S/c1-2-8-3-4-19-11(8)7-15-12-9(13)5-14-6-10(12)16(17)18/h3-6H,2,7H2,1H3,(H,14,15). The third kappa shape index (κ3) is 3.10. The minimum Gasteiger partial charge on any atom is -0.374 e. The summed E-state index contributed by atoms with van der Waals surface area (Å²) in [6.07, 6.45) is 3.76. The van der Waals surface area contributed by atoms with Crippen molar-refractivity contribution < 1.29 is 4.92 Å². The van der Waals surface area contributed by atoms with E-state index in [1.54, 1.807) is 17.5 Å². The topological polar surface area (TPSA) is 68.1 Å². The smallest absolute Gasteiger partial charge is 0.311 e. The van der Waals surface area contributed by atoms with Gasteiger partial charge in [0.1, 0.15) is 11.9 Å². The molecule has 2 aromatic rings. The summed E-state index contributed by atoms with van der Waals surface area (Å²) in [7, 11) is 0. The van der Waals surface area contributed by atoms with Gasteiger partial charge in [-0.2, -0.15) is 0 Å². The molecular formula is C12H12BrN3O2S. The Morgan fingerprint density at radius 1 is 1.53 bits per heavy atom. The van der Waals surface area contributed by atoms with E-state index >= 15 is 0 Å². The predicted molar refractivity (Wildman–Crippen MR) is 79.6 cm³/mol. The molecule has 19 heavy (non-hydrogen) atoms. The van der Waals surface area contributed by atoms with Crippen LogP contribution in [0.1, 0.15) is 17.4 Å². The highest BCUT2D eigenvalue weighted by Crippen LogP contribution is 2.32. The monoisotopic (exact) mass is 341 g/mol. The van der Waals surface area contributed by atoms with Crippen molar-refractivity contribution in [3.8, 4) is 0 Å². The number of anilines is 1. The molecule has 0 aliphatic heterocycles. The van der Waals surface area contributed by atoms with Gasteiger partial charge in [-0.1, -0.05) is 6.92 Å². The Morgan fingerprint density at radius 3 is 3.00 bits per heavy atom. The molecule has 0 spiro atoms. The summed E-state index contributed by atoms with van der Waals surface area (Å²) in [4.78, 5) is 15.5. The van der Waals surface area contributed by atoms with E-state index in [1.807, 2.05) is 5.38 Å². The summed E-state index contributed by atoms with van der Waals surface area (Å²) in [5, 5.41) is 16.1. The Kier molecular flexibility index (Phi) is 4.49. The molecule has 0 radical (unpaired) electrons. The quantitative estimate of drug-likeness (QED) is 0.659. The molecular weight excluding hydrogens is 330 g/mol. The Bertz CT molecular complexity index is 600. The van der Waals surface area contributed by atoms with Gasteiger partial charge in [0.25, 0.3) is 0 Å². The second kappa shape index (κ2) is 6.12. The van der Waals surface area contributed by atoms with Gasteiger partial charge < -0.3 is 5.32 Å². The van der Waals surface area contributed by atoms with E-state index in [0.717, 1.165) is 6.42 Å². The zero-order valence-corrected chi connectivity index (χ0v) is 12.6. The van der Waals surface area contributed by atoms with Crippen LogP contribution in [-0.4, -0.2) is 9.91 Å². The SMILES string of the molecule is CCc1ccsc1CNc1c(Br)cncc1[N+](=O)[O-]. The second-order valence-corrected chi connectivity index (χ2v) is 5.70. The van der Waals surface area contributed by atoms with Crippen molar-refractivity contribution in [2.75, 3.05) is 5.32 Å². The van der Waals surface area contributed by atoms with Crippen LogP contribution in [0, 0.1) is 10.1 Å². The molecule has 0 saturated heterocycles. The van der Waals surface area contributed by atoms with Crippen LogP contribution in [-0.2, 0) is 13.0 Å². The van der Waals surface area contributed by atoms with Gasteiger partial charge in [-0.15, -0.1) is 11.3 Å². The molecule has 0 unspecified atom stereocenters. The Morgan fingerprint density at radius 2 is 2.32 bits per heavy atom. The van der Waals surface area contributed by atoms with Crippen molar-refractivity contribution in [2.24, 2.45) is 0 Å². The van der Waals surface area contributed by atoms with Gasteiger partial charge in [-0.05, 0) is 39.4 Å². The number of rotatable bonds is 5. The number of aromatic nitrogens is 1. The normalized spacial score (nSPS) is 10.4. The van der Waals surface area contributed by atoms with Gasteiger partial charge >= 0.3 is 5.69 Å². The summed E-state index contributed by atoms with van der Waals surface area (Å²) in [5.41, 5.74) is 1.71. The first-order valence-corrected chi connectivity index (χ1v) is 7.37. The van der Waals surface area contributed by atoms with Gasteiger partial charge in [-0.25, -0.2) is 0 Å². The number of pyridine rings is 1. The third-order valence-corrected chi connectivity index (χ3v) is 4.29. The fraction of sp³-hybridized carbons (Fsp3) is 0.250. The maximum Gasteiger partial charge on any atom is 0.311 e. The molecule has 0 atom stereocenters. The number of nitrogens with zero attached hydrogens (tertiary/aromatic N) is 2. The highest BCUT2D eigenvalue weighted by Gasteiger charge is 2.17. The number of hydrogen-bond acceptors (Lipinski definition) is 5. The molecule has 2 rings (SSSR count). The lowest BCUT2D eigenvalue weighted by Crippen LogP contribution is -2.04. The van der Waals surface area contributed by atoms with E-state index in [-0.39, 0.29) is 5.69 Å². The molecule has 5 nitrogen and oxygen atoms in total. The van der Waals surface area contributed by atoms with Crippen molar-refractivity contribution in [3.05, 3.63) is 48.9 Å². The van der Waals surface area contributed by atoms with E-state index < -0.39 is 4.92 Å². The van der Waals surface area contributed by atoms with Crippen LogP contribution in [0.2, 0.25) is 0 Å². The van der Waals surface area contributed by atoms with Crippen LogP contribution in [0.25, 0.3) is 0 Å². The van der Waals surface area contributed by atoms with Crippen LogP contribution in [0.5, 0.6) is 0 Å². The first kappa shape index (κ1) is 14.0. The highest BCUT2D eigenvalue weighted by atomic mass is 79.9. The van der Waals surface area contributed by atoms with Crippen molar-refractivity contribution in [1.82, 2.24) is 4.98 Å². The Balaban J connectivity index is 2.22. The van der Waals surface area contributed by atoms with E-state index in [4.69, 9.17) is 0 Å². The minimum atomic E-state index is -0.435. The summed E-state index contributed by atoms with van der Waals surface area (Å²) in [6.45, 7) is 2.67. The molecule has 0 fully saturated rings. The summed E-state index contributed by atoms with van der Waals surface area (Å²) < 4.78 is 0.594. The molecule has 0 amide bonds. The number of halogens is 1. The Labute approximate surface area is 123 Å². The molecule has 1 N–H and O–H groups in total. The molecule has 2 aromatic heterocycles. The van der Waals surface area contributed by atoms with E-state index in [0.29, 0.717) is 16.7 Å². The minimum absolute atomic E-state index is 0.0241. The van der Waals surface area contributed by atoms with Crippen LogP contribution >= 0.6 is 27.3 Å². The van der Waals surface area contributed by atoms with E-state index in [9.17, 15) is 10.1 Å². The average molecular weight is 342 g/mol. The van der Waals surface area contributed by atoms with Crippen LogP contribution in [0.3, 0.4) is 0 Å². The van der Waals surface area contributed by atoms with Gasteiger partial charge in [0.05, 0.1) is 9.40 Å². The van der Waals surface area contributed by atoms with Gasteiger partial charge in [0, 0.05) is 17.6 Å². The fourth-order valence-electron chi connectivity index (χ4n) is 1.74. The maximum atomic E-state index is 11.0. The molecule has 7 heteroatoms. The summed E-state index contributed by atoms with van der Waals surface area (Å²) >= 11 is 4.94. The predicted octanol–water partition coefficient (Wildman–Crippen LogP) is 3.99. The summed E-state index contributed by atoms with van der Waals surface area (Å²) in [5.74, 6) is 0. The van der Waals surface area contributed by atoms with Crippen LogP contribution in [0.4, 0.5) is 11.4 Å². The number of hydrogen-bond donors (Lipinski definition) is 1. The first-order chi connectivity index (χ1) is 9.13. The fourth-order valence-corrected chi connectivity index (χ4v) is 3.12. The lowest BCUT2D eigenvalue weighted by molar-refractivity contribution is -0.384. The van der Waals surface area contributed by atoms with Gasteiger partial charge in [0.15, 0.2) is 0 Å². The van der Waals surface area contributed by atoms with Crippen LogP contribution in [0.15, 0.2) is 28.3 Å². The molecule has 0 aliphatic rings. The van der Waals surface area contributed by atoms with E-state index in [1.165, 1.54) is 16.6 Å². The Hall–Kier alpha value is -1.47. The molecule has 2 heterocycles. The largest absolute Gasteiger partial charge is 0.374 e. The van der Waals surface area contributed by atoms with Gasteiger partial charge in [-0.3, -0.25) is 15.1 Å². The zero-order valence-electron chi connectivity index (χ0n) is 10.2. The molecule has 0 bridgehead atoms. The second-order valence-electron chi connectivity index (χ2n) is 3.85. The number of nitrogens with one attached hydrogen (secondary N) is 1. The first-order valence-electron chi connectivity index (χ1n) is 5.70. The van der Waals surface area contributed by atoms with Crippen molar-refractivity contribution in [3.63, 3.8) is 0 Å². The zero-order chi connectivity index (χ0) is 13.8. The van der Waals surface area contributed by atoms with Crippen molar-refractivity contribution in [2.45, 2.75) is 19.9 Å². The lowest BCUT2D eigenvalue weighted by atomic mass is 10.2. The molecule has 100 valence electrons. The number of thiophene rings is 1. The highest BCUT2D eigenvalue weighted by molar-refractivity contribution is 9.10. The van der Waals surface area contributed by atoms with Gasteiger partial charge in [0.2, 0.25) is 0 Å². The molecule has 0 aliphatic carbocycles. The lowest BCUT2D eigenvalue weighted by Gasteiger charge is -2.08. The van der Waals surface area contributed by atoms with E-state index in [2.05, 4.69) is 39.2 Å². The average Bonchev–Trinajstić information content (AvgIpc) is 2.84. The molecule has 0 saturated carbocycles. The van der Waals surface area contributed by atoms with Crippen LogP contribution < -0.4 is 5.32 Å².